The summed E-state index contributed by atoms with van der Waals surface area (Å²) in [5.74, 6) is 0.554. The third kappa shape index (κ3) is 5.15. The number of nitrogens with zero attached hydrogens (tertiary/aromatic N) is 3. The minimum Gasteiger partial charge on any atom is -0.353 e. The number of hydrogen-bond donors (Lipinski definition) is 2. The van der Waals surface area contributed by atoms with Gasteiger partial charge in [-0.05, 0) is 56.2 Å². The second kappa shape index (κ2) is 10.8. The van der Waals surface area contributed by atoms with Gasteiger partial charge in [-0.3, -0.25) is 15.0 Å². The lowest BCUT2D eigenvalue weighted by molar-refractivity contribution is -0.157. The summed E-state index contributed by atoms with van der Waals surface area (Å²) in [7, 11) is 0. The number of carbonyl (C=O) groups excluding carboxylic acids is 2. The van der Waals surface area contributed by atoms with E-state index >= 15 is 0 Å². The van der Waals surface area contributed by atoms with E-state index in [4.69, 9.17) is 0 Å². The van der Waals surface area contributed by atoms with Gasteiger partial charge in [0.25, 0.3) is 0 Å². The van der Waals surface area contributed by atoms with Crippen LogP contribution >= 0.6 is 11.8 Å². The van der Waals surface area contributed by atoms with Crippen LogP contribution in [0.3, 0.4) is 0 Å². The third-order valence-electron chi connectivity index (χ3n) is 7.90. The van der Waals surface area contributed by atoms with E-state index in [0.29, 0.717) is 24.8 Å². The molecule has 5 rings (SSSR count). The Bertz CT molecular complexity index is 952. The summed E-state index contributed by atoms with van der Waals surface area (Å²) in [6.45, 7) is 2.75. The highest BCUT2D eigenvalue weighted by Crippen LogP contribution is 2.41. The number of nitrogens with one attached hydrogen (secondary N) is 2. The van der Waals surface area contributed by atoms with Crippen molar-refractivity contribution in [3.05, 3.63) is 35.6 Å². The van der Waals surface area contributed by atoms with Crippen LogP contribution in [0.15, 0.2) is 29.4 Å². The maximum absolute atomic E-state index is 13.5. The van der Waals surface area contributed by atoms with E-state index in [9.17, 15) is 14.0 Å². The van der Waals surface area contributed by atoms with E-state index in [1.54, 1.807) is 23.9 Å². The van der Waals surface area contributed by atoms with Gasteiger partial charge < -0.3 is 15.1 Å². The number of benzene rings is 1. The van der Waals surface area contributed by atoms with Gasteiger partial charge in [-0.1, -0.05) is 50.1 Å². The zero-order valence-electron chi connectivity index (χ0n) is 20.4. The Balaban J connectivity index is 1.31. The number of amidine groups is 1. The first-order chi connectivity index (χ1) is 17.0. The number of rotatable bonds is 6. The molecule has 0 aromatic heterocycles. The summed E-state index contributed by atoms with van der Waals surface area (Å²) in [5.41, 5.74) is 4.22. The van der Waals surface area contributed by atoms with E-state index in [2.05, 4.69) is 27.7 Å². The van der Waals surface area contributed by atoms with Crippen LogP contribution in [0.25, 0.3) is 0 Å². The van der Waals surface area contributed by atoms with Crippen molar-refractivity contribution in [2.75, 3.05) is 6.54 Å². The summed E-state index contributed by atoms with van der Waals surface area (Å²) >= 11 is 1.60. The Labute approximate surface area is 211 Å². The fourth-order valence-electron chi connectivity index (χ4n) is 6.07. The summed E-state index contributed by atoms with van der Waals surface area (Å²) in [4.78, 5) is 30.8. The smallest absolute Gasteiger partial charge is 0.230 e. The van der Waals surface area contributed by atoms with Crippen LogP contribution in [0.5, 0.6) is 0 Å². The molecular formula is C26H36FN5O2S. The average molecular weight is 502 g/mol. The van der Waals surface area contributed by atoms with Crippen molar-refractivity contribution in [3.63, 3.8) is 0 Å². The zero-order valence-corrected chi connectivity index (χ0v) is 21.2. The molecule has 2 saturated carbocycles. The van der Waals surface area contributed by atoms with Gasteiger partial charge in [0.1, 0.15) is 5.82 Å². The number of thioether (sulfide) groups is 1. The predicted molar refractivity (Wildman–Crippen MR) is 136 cm³/mol. The molecule has 35 heavy (non-hydrogen) atoms. The average Bonchev–Trinajstić information content (AvgIpc) is 3.30. The van der Waals surface area contributed by atoms with Crippen molar-refractivity contribution in [1.29, 1.82) is 0 Å². The van der Waals surface area contributed by atoms with E-state index in [1.807, 2.05) is 4.90 Å². The Morgan fingerprint density at radius 1 is 1.17 bits per heavy atom. The molecule has 0 spiro atoms. The molecule has 9 heteroatoms. The van der Waals surface area contributed by atoms with Gasteiger partial charge in [0.05, 0.1) is 5.92 Å². The van der Waals surface area contributed by atoms with Gasteiger partial charge >= 0.3 is 0 Å². The van der Waals surface area contributed by atoms with Gasteiger partial charge in [0.2, 0.25) is 11.8 Å². The number of hydrogen-bond acceptors (Lipinski definition) is 6. The summed E-state index contributed by atoms with van der Waals surface area (Å²) in [5, 5.41) is 8.78. The largest absolute Gasteiger partial charge is 0.353 e. The molecule has 2 heterocycles. The lowest BCUT2D eigenvalue weighted by atomic mass is 9.75. The molecule has 0 bridgehead atoms. The van der Waals surface area contributed by atoms with E-state index in [-0.39, 0.29) is 41.8 Å². The zero-order chi connectivity index (χ0) is 24.4. The van der Waals surface area contributed by atoms with Crippen molar-refractivity contribution >= 4 is 28.7 Å². The predicted octanol–water partition coefficient (Wildman–Crippen LogP) is 4.00. The highest BCUT2D eigenvalue weighted by atomic mass is 32.2. The molecular weight excluding hydrogens is 465 g/mol. The fraction of sp³-hybridized carbons (Fsp3) is 0.654. The lowest BCUT2D eigenvalue weighted by Gasteiger charge is -2.51. The van der Waals surface area contributed by atoms with Gasteiger partial charge in [-0.2, -0.15) is 5.10 Å². The van der Waals surface area contributed by atoms with Gasteiger partial charge in [0.15, 0.2) is 11.5 Å². The third-order valence-corrected chi connectivity index (χ3v) is 8.94. The summed E-state index contributed by atoms with van der Waals surface area (Å²) in [6, 6.07) is 6.78. The molecule has 2 amide bonds. The van der Waals surface area contributed by atoms with Crippen molar-refractivity contribution in [3.8, 4) is 0 Å². The van der Waals surface area contributed by atoms with Crippen molar-refractivity contribution in [2.24, 2.45) is 16.9 Å². The van der Waals surface area contributed by atoms with Crippen LogP contribution in [-0.4, -0.2) is 51.7 Å². The fourth-order valence-corrected chi connectivity index (χ4v) is 7.06. The van der Waals surface area contributed by atoms with Gasteiger partial charge in [-0.25, -0.2) is 4.39 Å². The Kier molecular flexibility index (Phi) is 7.51. The second-order valence-electron chi connectivity index (χ2n) is 10.3. The molecule has 3 fully saturated rings. The summed E-state index contributed by atoms with van der Waals surface area (Å²) < 4.78 is 13.3. The Morgan fingerprint density at radius 3 is 2.69 bits per heavy atom. The van der Waals surface area contributed by atoms with Crippen LogP contribution in [0.1, 0.15) is 70.3 Å². The topological polar surface area (TPSA) is 77.0 Å². The first-order valence-corrected chi connectivity index (χ1v) is 14.1. The molecule has 4 aliphatic rings. The first-order valence-electron chi connectivity index (χ1n) is 13.1. The molecule has 4 unspecified atom stereocenters. The maximum Gasteiger partial charge on any atom is 0.230 e. The standard InChI is InChI=1S/C26H36FN5O2S/c1-2-14-31-24(34)21-13-10-18(23(33)28-20-6-4-3-5-7-20)15-22(21)32-25(31)29-30-26(32)35-16-17-8-11-19(27)12-9-17/h8-9,11-12,18,20-22,25,29H,2-7,10,13-16H2,1H3,(H,28,33). The molecule has 2 aliphatic heterocycles. The highest BCUT2D eigenvalue weighted by Gasteiger charge is 2.52. The number of carbonyl (C=O) groups is 2. The normalized spacial score (nSPS) is 28.7. The van der Waals surface area contributed by atoms with Gasteiger partial charge in [-0.15, -0.1) is 0 Å². The van der Waals surface area contributed by atoms with Crippen LogP contribution < -0.4 is 10.7 Å². The molecule has 190 valence electrons. The Morgan fingerprint density at radius 2 is 1.94 bits per heavy atom. The molecule has 7 nitrogen and oxygen atoms in total. The van der Waals surface area contributed by atoms with E-state index in [1.165, 1.54) is 31.4 Å². The van der Waals surface area contributed by atoms with Crippen molar-refractivity contribution in [2.45, 2.75) is 88.8 Å². The Hall–Kier alpha value is -2.29. The number of fused-ring (bicyclic) bond motifs is 3. The van der Waals surface area contributed by atoms with Crippen LogP contribution in [0.2, 0.25) is 0 Å². The number of amides is 2. The molecule has 2 N–H and O–H groups in total. The van der Waals surface area contributed by atoms with E-state index in [0.717, 1.165) is 42.8 Å². The maximum atomic E-state index is 13.5. The van der Waals surface area contributed by atoms with Crippen molar-refractivity contribution < 1.29 is 14.0 Å². The second-order valence-corrected chi connectivity index (χ2v) is 11.2. The van der Waals surface area contributed by atoms with Crippen molar-refractivity contribution in [1.82, 2.24) is 20.5 Å². The monoisotopic (exact) mass is 501 g/mol. The quantitative estimate of drug-likeness (QED) is 0.616. The summed E-state index contributed by atoms with van der Waals surface area (Å²) in [6.07, 6.45) is 8.51. The van der Waals surface area contributed by atoms with Gasteiger partial charge in [0, 0.05) is 30.3 Å². The lowest BCUT2D eigenvalue weighted by Crippen LogP contribution is -2.68. The van der Waals surface area contributed by atoms with E-state index < -0.39 is 0 Å². The highest BCUT2D eigenvalue weighted by molar-refractivity contribution is 8.13. The number of halogens is 1. The van der Waals surface area contributed by atoms with Crippen LogP contribution in [0.4, 0.5) is 4.39 Å². The first kappa shape index (κ1) is 24.4. The van der Waals surface area contributed by atoms with Crippen LogP contribution in [0, 0.1) is 17.7 Å². The molecule has 1 aromatic carbocycles. The molecule has 1 saturated heterocycles. The van der Waals surface area contributed by atoms with Crippen LogP contribution in [-0.2, 0) is 15.3 Å². The molecule has 2 aliphatic carbocycles. The minimum atomic E-state index is -0.306. The molecule has 1 aromatic rings. The molecule has 0 radical (unpaired) electrons. The molecule has 4 atom stereocenters. The minimum absolute atomic E-state index is 0.0501. The SMILES string of the molecule is CCCN1C(=O)C2CCC(C(=O)NC3CCCCC3)CC2N2C(SCc3ccc(F)cc3)=NNC12. The number of hydrazone groups is 1.